The summed E-state index contributed by atoms with van der Waals surface area (Å²) in [6.07, 6.45) is 0. The Morgan fingerprint density at radius 2 is 1.45 bits per heavy atom. The molecule has 0 saturated heterocycles. The van der Waals surface area contributed by atoms with Crippen LogP contribution < -0.4 is 0 Å². The average molecular weight is 559 g/mol. The van der Waals surface area contributed by atoms with Crippen LogP contribution in [0.5, 0.6) is 0 Å². The first-order chi connectivity index (χ1) is 13.4. The van der Waals surface area contributed by atoms with Crippen molar-refractivity contribution in [2.45, 2.75) is 33.1 Å². The van der Waals surface area contributed by atoms with Crippen molar-refractivity contribution in [2.24, 2.45) is 0 Å². The van der Waals surface area contributed by atoms with Gasteiger partial charge >= 0.3 is 0 Å². The van der Waals surface area contributed by atoms with Gasteiger partial charge in [0, 0.05) is 31.4 Å². The van der Waals surface area contributed by atoms with Crippen LogP contribution in [0.15, 0.2) is 72.8 Å². The SMILES string of the molecule is Cc1ccccc1-c1nnc(-c2[c-]cccc2)n1-c1ccc(C(C)(C)C)cc1.[Ir]. The standard InChI is InChI=1S/C25H24N3.Ir/c1-18-10-8-9-13-22(18)24-27-26-23(19-11-6-5-7-12-19)28(24)21-16-14-20(15-17-21)25(2,3)4;/h5-11,13-17H,1-4H3;/q-1;. The fraction of sp³-hybridized carbons (Fsp3) is 0.200. The summed E-state index contributed by atoms with van der Waals surface area (Å²) in [5.41, 5.74) is 5.64. The number of benzene rings is 3. The van der Waals surface area contributed by atoms with Gasteiger partial charge in [-0.05, 0) is 35.6 Å². The predicted octanol–water partition coefficient (Wildman–Crippen LogP) is 6.00. The Hall–Kier alpha value is -2.55. The number of aromatic nitrogens is 3. The molecule has 4 rings (SSSR count). The maximum atomic E-state index is 4.56. The Labute approximate surface area is 186 Å². The van der Waals surface area contributed by atoms with E-state index in [2.05, 4.69) is 84.9 Å². The molecule has 0 saturated carbocycles. The van der Waals surface area contributed by atoms with Crippen molar-refractivity contribution in [1.29, 1.82) is 0 Å². The maximum absolute atomic E-state index is 4.56. The monoisotopic (exact) mass is 559 g/mol. The molecule has 29 heavy (non-hydrogen) atoms. The molecule has 0 aliphatic heterocycles. The van der Waals surface area contributed by atoms with Crippen molar-refractivity contribution >= 4 is 0 Å². The Morgan fingerprint density at radius 3 is 2.07 bits per heavy atom. The summed E-state index contributed by atoms with van der Waals surface area (Å²) in [6.45, 7) is 8.78. The first kappa shape index (κ1) is 21.2. The summed E-state index contributed by atoms with van der Waals surface area (Å²) in [6, 6.07) is 28.1. The molecule has 0 bridgehead atoms. The molecule has 0 atom stereocenters. The van der Waals surface area contributed by atoms with Crippen LogP contribution in [0, 0.1) is 13.0 Å². The Morgan fingerprint density at radius 1 is 0.793 bits per heavy atom. The zero-order valence-corrected chi connectivity index (χ0v) is 19.5. The molecule has 1 heterocycles. The minimum Gasteiger partial charge on any atom is -0.316 e. The summed E-state index contributed by atoms with van der Waals surface area (Å²) in [5.74, 6) is 1.64. The first-order valence-electron chi connectivity index (χ1n) is 9.54. The Kier molecular flexibility index (Phi) is 6.16. The maximum Gasteiger partial charge on any atom is 0.159 e. The van der Waals surface area contributed by atoms with Crippen LogP contribution in [0.3, 0.4) is 0 Å². The van der Waals surface area contributed by atoms with Crippen molar-refractivity contribution in [3.05, 3.63) is 90.0 Å². The molecule has 0 aliphatic rings. The van der Waals surface area contributed by atoms with Crippen LogP contribution >= 0.6 is 0 Å². The Balaban J connectivity index is 0.00000240. The second-order valence-electron chi connectivity index (χ2n) is 8.07. The van der Waals surface area contributed by atoms with E-state index in [9.17, 15) is 0 Å². The largest absolute Gasteiger partial charge is 0.316 e. The third-order valence-electron chi connectivity index (χ3n) is 4.99. The minimum atomic E-state index is 0. The molecule has 0 spiro atoms. The van der Waals surface area contributed by atoms with E-state index < -0.39 is 0 Å². The molecular formula is C25H24IrN3-. The smallest absolute Gasteiger partial charge is 0.159 e. The average Bonchev–Trinajstić information content (AvgIpc) is 3.13. The van der Waals surface area contributed by atoms with Gasteiger partial charge in [-0.1, -0.05) is 57.2 Å². The van der Waals surface area contributed by atoms with Crippen molar-refractivity contribution < 1.29 is 20.1 Å². The summed E-state index contributed by atoms with van der Waals surface area (Å²) in [4.78, 5) is 0. The number of hydrogen-bond donors (Lipinski definition) is 0. The van der Waals surface area contributed by atoms with E-state index in [1.54, 1.807) is 0 Å². The van der Waals surface area contributed by atoms with E-state index >= 15 is 0 Å². The summed E-state index contributed by atoms with van der Waals surface area (Å²) in [5, 5.41) is 9.10. The van der Waals surface area contributed by atoms with Gasteiger partial charge in [0.2, 0.25) is 0 Å². The first-order valence-corrected chi connectivity index (χ1v) is 9.54. The third-order valence-corrected chi connectivity index (χ3v) is 4.99. The van der Waals surface area contributed by atoms with E-state index in [0.717, 1.165) is 28.5 Å². The third kappa shape index (κ3) is 4.24. The summed E-state index contributed by atoms with van der Waals surface area (Å²) in [7, 11) is 0. The van der Waals surface area contributed by atoms with E-state index in [1.165, 1.54) is 11.1 Å². The van der Waals surface area contributed by atoms with Gasteiger partial charge < -0.3 is 4.57 Å². The number of aryl methyl sites for hydroxylation is 1. The molecular weight excluding hydrogens is 535 g/mol. The normalized spacial score (nSPS) is 11.2. The zero-order chi connectivity index (χ0) is 19.7. The molecule has 0 N–H and O–H groups in total. The van der Waals surface area contributed by atoms with E-state index in [-0.39, 0.29) is 25.5 Å². The molecule has 0 aliphatic carbocycles. The fourth-order valence-corrected chi connectivity index (χ4v) is 3.34. The quantitative estimate of drug-likeness (QED) is 0.289. The number of nitrogens with zero attached hydrogens (tertiary/aromatic N) is 3. The summed E-state index contributed by atoms with van der Waals surface area (Å²) >= 11 is 0. The van der Waals surface area contributed by atoms with Gasteiger partial charge in [-0.15, -0.1) is 41.0 Å². The fourth-order valence-electron chi connectivity index (χ4n) is 3.34. The number of rotatable bonds is 3. The van der Waals surface area contributed by atoms with Crippen LogP contribution in [0.2, 0.25) is 0 Å². The van der Waals surface area contributed by atoms with Gasteiger partial charge in [-0.3, -0.25) is 0 Å². The molecule has 4 heteroatoms. The van der Waals surface area contributed by atoms with Crippen LogP contribution in [0.1, 0.15) is 31.9 Å². The van der Waals surface area contributed by atoms with E-state index in [0.29, 0.717) is 0 Å². The molecule has 149 valence electrons. The van der Waals surface area contributed by atoms with Gasteiger partial charge in [0.15, 0.2) is 5.82 Å². The predicted molar refractivity (Wildman–Crippen MR) is 115 cm³/mol. The van der Waals surface area contributed by atoms with Crippen LogP contribution in [0.4, 0.5) is 0 Å². The molecule has 0 amide bonds. The molecule has 0 fully saturated rings. The molecule has 3 nitrogen and oxygen atoms in total. The second-order valence-corrected chi connectivity index (χ2v) is 8.07. The minimum absolute atomic E-state index is 0. The number of hydrogen-bond acceptors (Lipinski definition) is 2. The van der Waals surface area contributed by atoms with Crippen molar-refractivity contribution in [3.63, 3.8) is 0 Å². The van der Waals surface area contributed by atoms with Gasteiger partial charge in [-0.25, -0.2) is 0 Å². The molecule has 1 radical (unpaired) electrons. The van der Waals surface area contributed by atoms with Gasteiger partial charge in [0.1, 0.15) is 0 Å². The van der Waals surface area contributed by atoms with Gasteiger partial charge in [0.05, 0.1) is 5.82 Å². The topological polar surface area (TPSA) is 30.7 Å². The van der Waals surface area contributed by atoms with E-state index in [1.807, 2.05) is 36.4 Å². The van der Waals surface area contributed by atoms with Crippen molar-refractivity contribution in [3.8, 4) is 28.5 Å². The van der Waals surface area contributed by atoms with Crippen LogP contribution in [-0.4, -0.2) is 14.8 Å². The van der Waals surface area contributed by atoms with E-state index in [4.69, 9.17) is 0 Å². The van der Waals surface area contributed by atoms with Crippen molar-refractivity contribution in [1.82, 2.24) is 14.8 Å². The molecule has 1 aromatic heterocycles. The molecule has 4 aromatic rings. The van der Waals surface area contributed by atoms with Gasteiger partial charge in [-0.2, -0.15) is 5.10 Å². The van der Waals surface area contributed by atoms with Crippen LogP contribution in [0.25, 0.3) is 28.5 Å². The zero-order valence-electron chi connectivity index (χ0n) is 17.1. The second kappa shape index (κ2) is 8.44. The Bertz CT molecular complexity index is 1090. The van der Waals surface area contributed by atoms with Crippen LogP contribution in [-0.2, 0) is 25.5 Å². The van der Waals surface area contributed by atoms with Gasteiger partial charge in [0.25, 0.3) is 0 Å². The van der Waals surface area contributed by atoms with Crippen molar-refractivity contribution in [2.75, 3.05) is 0 Å². The molecule has 3 aromatic carbocycles. The summed E-state index contributed by atoms with van der Waals surface area (Å²) < 4.78 is 2.13. The molecule has 0 unspecified atom stereocenters.